The maximum Gasteiger partial charge on any atom is 0.472 e. The van der Waals surface area contributed by atoms with Crippen molar-refractivity contribution in [2.45, 2.75) is 38.9 Å². The van der Waals surface area contributed by atoms with E-state index in [9.17, 15) is 9.46 Å². The summed E-state index contributed by atoms with van der Waals surface area (Å²) in [6.07, 6.45) is 1.06. The maximum atomic E-state index is 11.4. The zero-order valence-electron chi connectivity index (χ0n) is 10.9. The number of ether oxygens (including phenoxy) is 2. The fourth-order valence-electron chi connectivity index (χ4n) is 0.941. The topological polar surface area (TPSA) is 74.2 Å². The lowest BCUT2D eigenvalue weighted by molar-refractivity contribution is 0.0704. The number of hydrogen-bond donors (Lipinski definition) is 1. The Morgan fingerprint density at radius 3 is 1.65 bits per heavy atom. The third-order valence-electron chi connectivity index (χ3n) is 2.36. The van der Waals surface area contributed by atoms with E-state index in [1.807, 2.05) is 13.8 Å². The van der Waals surface area contributed by atoms with Gasteiger partial charge in [-0.2, -0.15) is 0 Å². The van der Waals surface area contributed by atoms with Crippen molar-refractivity contribution < 1.29 is 28.0 Å². The summed E-state index contributed by atoms with van der Waals surface area (Å²) in [4.78, 5) is 9.32. The van der Waals surface area contributed by atoms with E-state index >= 15 is 0 Å². The number of phosphoric ester groups is 1. The minimum Gasteiger partial charge on any atom is -0.382 e. The molecule has 0 aliphatic carbocycles. The Morgan fingerprint density at radius 2 is 1.35 bits per heavy atom. The molecule has 7 heteroatoms. The van der Waals surface area contributed by atoms with Crippen LogP contribution < -0.4 is 0 Å². The highest BCUT2D eigenvalue weighted by atomic mass is 31.2. The Morgan fingerprint density at radius 1 is 1.00 bits per heavy atom. The van der Waals surface area contributed by atoms with Crippen molar-refractivity contribution in [1.82, 2.24) is 0 Å². The first kappa shape index (κ1) is 17.0. The van der Waals surface area contributed by atoms with Crippen LogP contribution in [0.4, 0.5) is 0 Å². The zero-order valence-corrected chi connectivity index (χ0v) is 11.8. The van der Waals surface area contributed by atoms with Gasteiger partial charge >= 0.3 is 7.82 Å². The van der Waals surface area contributed by atoms with E-state index in [2.05, 4.69) is 0 Å². The summed E-state index contributed by atoms with van der Waals surface area (Å²) in [5.41, 5.74) is 0. The van der Waals surface area contributed by atoms with Crippen molar-refractivity contribution in [3.63, 3.8) is 0 Å². The van der Waals surface area contributed by atoms with E-state index in [0.717, 1.165) is 0 Å². The van der Waals surface area contributed by atoms with Crippen molar-refractivity contribution >= 4 is 7.82 Å². The molecule has 17 heavy (non-hydrogen) atoms. The smallest absolute Gasteiger partial charge is 0.382 e. The maximum absolute atomic E-state index is 11.4. The van der Waals surface area contributed by atoms with Gasteiger partial charge in [0.25, 0.3) is 0 Å². The van der Waals surface area contributed by atoms with Crippen LogP contribution in [0.15, 0.2) is 0 Å². The molecule has 0 heterocycles. The summed E-state index contributed by atoms with van der Waals surface area (Å²) in [6.45, 7) is 3.96. The van der Waals surface area contributed by atoms with Crippen molar-refractivity contribution in [3.05, 3.63) is 0 Å². The highest BCUT2D eigenvalue weighted by molar-refractivity contribution is 7.47. The van der Waals surface area contributed by atoms with Gasteiger partial charge in [0.1, 0.15) is 0 Å². The van der Waals surface area contributed by atoms with E-state index in [4.69, 9.17) is 18.5 Å². The van der Waals surface area contributed by atoms with Crippen LogP contribution in [0.3, 0.4) is 0 Å². The first-order valence-electron chi connectivity index (χ1n) is 5.58. The molecule has 0 saturated heterocycles. The van der Waals surface area contributed by atoms with Gasteiger partial charge in [-0.25, -0.2) is 4.57 Å². The molecule has 0 amide bonds. The van der Waals surface area contributed by atoms with Crippen LogP contribution in [0.2, 0.25) is 0 Å². The first-order valence-corrected chi connectivity index (χ1v) is 7.08. The van der Waals surface area contributed by atoms with Crippen LogP contribution in [-0.2, 0) is 23.1 Å². The Labute approximate surface area is 103 Å². The standard InChI is InChI=1S/C10H23O6P/c1-9(13-3)5-7-15-17(11,12)16-8-6-10(2)14-4/h9-10H,5-8H2,1-4H3,(H,11,12). The van der Waals surface area contributed by atoms with Gasteiger partial charge in [-0.05, 0) is 26.7 Å². The average Bonchev–Trinajstić information content (AvgIpc) is 2.27. The fourth-order valence-corrected chi connectivity index (χ4v) is 1.69. The van der Waals surface area contributed by atoms with Crippen molar-refractivity contribution in [1.29, 1.82) is 0 Å². The number of hydrogen-bond acceptors (Lipinski definition) is 5. The van der Waals surface area contributed by atoms with E-state index in [-0.39, 0.29) is 25.4 Å². The molecule has 0 aliphatic rings. The van der Waals surface area contributed by atoms with Crippen LogP contribution in [0.5, 0.6) is 0 Å². The minimum absolute atomic E-state index is 0.0106. The van der Waals surface area contributed by atoms with Crippen LogP contribution in [0.25, 0.3) is 0 Å². The monoisotopic (exact) mass is 270 g/mol. The highest BCUT2D eigenvalue weighted by Gasteiger charge is 2.21. The molecule has 2 unspecified atom stereocenters. The predicted molar refractivity (Wildman–Crippen MR) is 63.9 cm³/mol. The van der Waals surface area contributed by atoms with Gasteiger partial charge in [0.15, 0.2) is 0 Å². The third kappa shape index (κ3) is 9.71. The molecule has 0 fully saturated rings. The molecule has 0 aromatic rings. The summed E-state index contributed by atoms with van der Waals surface area (Å²) in [5, 5.41) is 0. The number of methoxy groups -OCH3 is 2. The second kappa shape index (κ2) is 9.03. The number of phosphoric acid groups is 1. The quantitative estimate of drug-likeness (QED) is 0.612. The van der Waals surface area contributed by atoms with Gasteiger partial charge in [-0.15, -0.1) is 0 Å². The lowest BCUT2D eigenvalue weighted by Crippen LogP contribution is -2.11. The predicted octanol–water partition coefficient (Wildman–Crippen LogP) is 1.97. The average molecular weight is 270 g/mol. The molecule has 0 aliphatic heterocycles. The molecule has 0 saturated carbocycles. The molecule has 2 atom stereocenters. The van der Waals surface area contributed by atoms with Crippen molar-refractivity contribution in [3.8, 4) is 0 Å². The molecule has 0 aromatic carbocycles. The second-order valence-corrected chi connectivity index (χ2v) is 5.26. The summed E-state index contributed by atoms with van der Waals surface area (Å²) in [5.74, 6) is 0. The number of rotatable bonds is 10. The summed E-state index contributed by atoms with van der Waals surface area (Å²) in [6, 6.07) is 0. The summed E-state index contributed by atoms with van der Waals surface area (Å²) in [7, 11) is -0.787. The molecule has 0 rings (SSSR count). The lowest BCUT2D eigenvalue weighted by Gasteiger charge is -2.15. The lowest BCUT2D eigenvalue weighted by atomic mass is 10.3. The minimum atomic E-state index is -3.94. The first-order chi connectivity index (χ1) is 7.91. The molecule has 0 bridgehead atoms. The highest BCUT2D eigenvalue weighted by Crippen LogP contribution is 2.43. The fraction of sp³-hybridized carbons (Fsp3) is 1.00. The molecular weight excluding hydrogens is 247 g/mol. The van der Waals surface area contributed by atoms with Crippen molar-refractivity contribution in [2.24, 2.45) is 0 Å². The molecule has 0 radical (unpaired) electrons. The Kier molecular flexibility index (Phi) is 9.04. The Hall–Kier alpha value is 0.0300. The molecule has 1 N–H and O–H groups in total. The normalized spacial score (nSPS) is 18.6. The Bertz CT molecular complexity index is 215. The van der Waals surface area contributed by atoms with Gasteiger partial charge in [0.05, 0.1) is 25.4 Å². The van der Waals surface area contributed by atoms with Crippen molar-refractivity contribution in [2.75, 3.05) is 27.4 Å². The van der Waals surface area contributed by atoms with E-state index in [0.29, 0.717) is 12.8 Å². The SMILES string of the molecule is COC(C)CCOP(=O)(O)OCCC(C)OC. The second-order valence-electron chi connectivity index (χ2n) is 3.80. The summed E-state index contributed by atoms with van der Waals surface area (Å²) < 4.78 is 30.9. The molecule has 104 valence electrons. The van der Waals surface area contributed by atoms with E-state index in [1.165, 1.54) is 0 Å². The van der Waals surface area contributed by atoms with Crippen LogP contribution >= 0.6 is 7.82 Å². The molecule has 0 spiro atoms. The van der Waals surface area contributed by atoms with E-state index in [1.54, 1.807) is 14.2 Å². The van der Waals surface area contributed by atoms with Crippen LogP contribution in [0.1, 0.15) is 26.7 Å². The third-order valence-corrected chi connectivity index (χ3v) is 3.38. The Balaban J connectivity index is 3.69. The van der Waals surface area contributed by atoms with Crippen LogP contribution in [-0.4, -0.2) is 44.5 Å². The summed E-state index contributed by atoms with van der Waals surface area (Å²) >= 11 is 0. The molecule has 6 nitrogen and oxygen atoms in total. The largest absolute Gasteiger partial charge is 0.472 e. The van der Waals surface area contributed by atoms with Gasteiger partial charge in [-0.3, -0.25) is 9.05 Å². The van der Waals surface area contributed by atoms with E-state index < -0.39 is 7.82 Å². The van der Waals surface area contributed by atoms with Crippen LogP contribution in [0, 0.1) is 0 Å². The van der Waals surface area contributed by atoms with Gasteiger partial charge < -0.3 is 14.4 Å². The van der Waals surface area contributed by atoms with Gasteiger partial charge in [0, 0.05) is 14.2 Å². The van der Waals surface area contributed by atoms with Gasteiger partial charge in [-0.1, -0.05) is 0 Å². The van der Waals surface area contributed by atoms with Gasteiger partial charge in [0.2, 0.25) is 0 Å². The molecule has 0 aromatic heterocycles. The molecular formula is C10H23O6P. The zero-order chi connectivity index (χ0) is 13.3.